The molecule has 0 aliphatic carbocycles. The zero-order valence-corrected chi connectivity index (χ0v) is 11.7. The molecule has 0 amide bonds. The van der Waals surface area contributed by atoms with E-state index in [1.54, 1.807) is 0 Å². The van der Waals surface area contributed by atoms with Gasteiger partial charge in [0.25, 0.3) is 0 Å². The molecule has 0 heterocycles. The van der Waals surface area contributed by atoms with Crippen LogP contribution in [0.3, 0.4) is 0 Å². The first-order valence-corrected chi connectivity index (χ1v) is 7.66. The lowest BCUT2D eigenvalue weighted by atomic mass is 9.95. The number of nitrogens with one attached hydrogen (secondary N) is 1. The summed E-state index contributed by atoms with van der Waals surface area (Å²) in [5, 5.41) is 0. The zero-order chi connectivity index (χ0) is 12.8. The summed E-state index contributed by atoms with van der Waals surface area (Å²) in [7, 11) is -3.16. The molecule has 0 unspecified atom stereocenters. The van der Waals surface area contributed by atoms with Gasteiger partial charge in [0, 0.05) is 12.1 Å². The Morgan fingerprint density at radius 1 is 1.25 bits per heavy atom. The molecule has 0 saturated heterocycles. The molecule has 0 aromatic carbocycles. The van der Waals surface area contributed by atoms with Crippen LogP contribution in [0.15, 0.2) is 0 Å². The van der Waals surface area contributed by atoms with Gasteiger partial charge in [-0.1, -0.05) is 27.7 Å². The third kappa shape index (κ3) is 6.45. The molecule has 0 bridgehead atoms. The number of nitrogens with two attached hydrogens (primary N) is 1. The van der Waals surface area contributed by atoms with E-state index < -0.39 is 15.6 Å². The summed E-state index contributed by atoms with van der Waals surface area (Å²) in [5.41, 5.74) is 5.62. The Bertz CT molecular complexity index is 282. The highest BCUT2D eigenvalue weighted by Gasteiger charge is 2.22. The van der Waals surface area contributed by atoms with E-state index in [4.69, 9.17) is 5.73 Å². The van der Waals surface area contributed by atoms with Gasteiger partial charge < -0.3 is 5.73 Å². The predicted molar refractivity (Wildman–Crippen MR) is 68.7 cm³/mol. The van der Waals surface area contributed by atoms with Crippen LogP contribution in [0.5, 0.6) is 0 Å². The highest BCUT2D eigenvalue weighted by atomic mass is 32.2. The molecular formula is C11H26N2O2S. The van der Waals surface area contributed by atoms with E-state index in [1.807, 2.05) is 27.7 Å². The summed E-state index contributed by atoms with van der Waals surface area (Å²) in [6, 6.07) is 0. The minimum absolute atomic E-state index is 0.189. The SMILES string of the molecule is CCC(N)(CC)CNS(=O)(=O)CCC(C)C. The Morgan fingerprint density at radius 3 is 2.12 bits per heavy atom. The molecule has 98 valence electrons. The molecule has 3 N–H and O–H groups in total. The third-order valence-corrected chi connectivity index (χ3v) is 4.37. The Labute approximate surface area is 100 Å². The fourth-order valence-corrected chi connectivity index (χ4v) is 2.65. The van der Waals surface area contributed by atoms with Gasteiger partial charge in [0.15, 0.2) is 0 Å². The Morgan fingerprint density at radius 2 is 1.75 bits per heavy atom. The predicted octanol–water partition coefficient (Wildman–Crippen LogP) is 1.47. The maximum atomic E-state index is 11.6. The van der Waals surface area contributed by atoms with Crippen molar-refractivity contribution in [2.24, 2.45) is 11.7 Å². The van der Waals surface area contributed by atoms with E-state index in [9.17, 15) is 8.42 Å². The average molecular weight is 250 g/mol. The molecule has 0 saturated carbocycles. The van der Waals surface area contributed by atoms with Gasteiger partial charge in [0.05, 0.1) is 5.75 Å². The van der Waals surface area contributed by atoms with Crippen LogP contribution in [-0.4, -0.2) is 26.3 Å². The van der Waals surface area contributed by atoms with Gasteiger partial charge in [0.1, 0.15) is 0 Å². The van der Waals surface area contributed by atoms with Crippen molar-refractivity contribution in [3.63, 3.8) is 0 Å². The van der Waals surface area contributed by atoms with Crippen molar-refractivity contribution in [1.82, 2.24) is 4.72 Å². The van der Waals surface area contributed by atoms with Gasteiger partial charge in [-0.25, -0.2) is 13.1 Å². The van der Waals surface area contributed by atoms with Crippen molar-refractivity contribution in [3.05, 3.63) is 0 Å². The third-order valence-electron chi connectivity index (χ3n) is 3.02. The van der Waals surface area contributed by atoms with Crippen molar-refractivity contribution in [2.75, 3.05) is 12.3 Å². The van der Waals surface area contributed by atoms with Crippen LogP contribution in [0.25, 0.3) is 0 Å². The lowest BCUT2D eigenvalue weighted by molar-refractivity contribution is 0.391. The monoisotopic (exact) mass is 250 g/mol. The Kier molecular flexibility index (Phi) is 6.51. The van der Waals surface area contributed by atoms with E-state index in [0.717, 1.165) is 12.8 Å². The van der Waals surface area contributed by atoms with Gasteiger partial charge >= 0.3 is 0 Å². The summed E-state index contributed by atoms with van der Waals surface area (Å²) >= 11 is 0. The topological polar surface area (TPSA) is 72.2 Å². The van der Waals surface area contributed by atoms with Gasteiger partial charge in [0.2, 0.25) is 10.0 Å². The lowest BCUT2D eigenvalue weighted by Gasteiger charge is -2.26. The van der Waals surface area contributed by atoms with E-state index >= 15 is 0 Å². The molecule has 0 aliphatic heterocycles. The molecule has 0 radical (unpaired) electrons. The quantitative estimate of drug-likeness (QED) is 0.685. The molecule has 0 aromatic heterocycles. The van der Waals surface area contributed by atoms with Crippen molar-refractivity contribution < 1.29 is 8.42 Å². The zero-order valence-electron chi connectivity index (χ0n) is 10.9. The van der Waals surface area contributed by atoms with Crippen LogP contribution in [0.2, 0.25) is 0 Å². The van der Waals surface area contributed by atoms with Gasteiger partial charge in [-0.15, -0.1) is 0 Å². The van der Waals surface area contributed by atoms with Crippen LogP contribution in [0, 0.1) is 5.92 Å². The molecule has 5 heteroatoms. The largest absolute Gasteiger partial charge is 0.324 e. The average Bonchev–Trinajstić information content (AvgIpc) is 2.24. The molecule has 0 fully saturated rings. The molecule has 0 aliphatic rings. The second kappa shape index (κ2) is 6.57. The van der Waals surface area contributed by atoms with Gasteiger partial charge in [-0.05, 0) is 25.2 Å². The summed E-state index contributed by atoms with van der Waals surface area (Å²) < 4.78 is 25.9. The van der Waals surface area contributed by atoms with Crippen molar-refractivity contribution in [1.29, 1.82) is 0 Å². The van der Waals surface area contributed by atoms with Gasteiger partial charge in [-0.2, -0.15) is 0 Å². The summed E-state index contributed by atoms with van der Waals surface area (Å²) in [6.45, 7) is 8.32. The minimum atomic E-state index is -3.16. The first-order chi connectivity index (χ1) is 7.24. The van der Waals surface area contributed by atoms with Crippen LogP contribution < -0.4 is 10.5 Å². The van der Waals surface area contributed by atoms with E-state index in [-0.39, 0.29) is 5.75 Å². The van der Waals surface area contributed by atoms with Crippen LogP contribution >= 0.6 is 0 Å². The molecule has 0 rings (SSSR count). The fourth-order valence-electron chi connectivity index (χ4n) is 1.22. The maximum absolute atomic E-state index is 11.6. The molecule has 16 heavy (non-hydrogen) atoms. The number of hydrogen-bond acceptors (Lipinski definition) is 3. The molecule has 0 atom stereocenters. The first-order valence-electron chi connectivity index (χ1n) is 6.01. The van der Waals surface area contributed by atoms with Crippen molar-refractivity contribution >= 4 is 10.0 Å². The molecule has 0 spiro atoms. The maximum Gasteiger partial charge on any atom is 0.211 e. The standard InChI is InChI=1S/C11H26N2O2S/c1-5-11(12,6-2)9-13-16(14,15)8-7-10(3)4/h10,13H,5-9,12H2,1-4H3. The summed E-state index contributed by atoms with van der Waals surface area (Å²) in [4.78, 5) is 0. The smallest absolute Gasteiger partial charge is 0.211 e. The van der Waals surface area contributed by atoms with Crippen LogP contribution in [0.4, 0.5) is 0 Å². The summed E-state index contributed by atoms with van der Waals surface area (Å²) in [5.74, 6) is 0.588. The van der Waals surface area contributed by atoms with Gasteiger partial charge in [-0.3, -0.25) is 0 Å². The fraction of sp³-hybridized carbons (Fsp3) is 1.00. The first kappa shape index (κ1) is 15.9. The minimum Gasteiger partial charge on any atom is -0.324 e. The Balaban J connectivity index is 4.18. The number of sulfonamides is 1. The van der Waals surface area contributed by atoms with Crippen molar-refractivity contribution in [2.45, 2.75) is 52.5 Å². The van der Waals surface area contributed by atoms with E-state index in [1.165, 1.54) is 0 Å². The van der Waals surface area contributed by atoms with Crippen LogP contribution in [-0.2, 0) is 10.0 Å². The lowest BCUT2D eigenvalue weighted by Crippen LogP contribution is -2.49. The normalized spacial score (nSPS) is 13.4. The van der Waals surface area contributed by atoms with E-state index in [2.05, 4.69) is 4.72 Å². The second-order valence-electron chi connectivity index (χ2n) is 4.89. The van der Waals surface area contributed by atoms with Crippen molar-refractivity contribution in [3.8, 4) is 0 Å². The second-order valence-corrected chi connectivity index (χ2v) is 6.82. The molecular weight excluding hydrogens is 224 g/mol. The highest BCUT2D eigenvalue weighted by Crippen LogP contribution is 2.10. The number of hydrogen-bond donors (Lipinski definition) is 2. The highest BCUT2D eigenvalue weighted by molar-refractivity contribution is 7.89. The van der Waals surface area contributed by atoms with E-state index in [0.29, 0.717) is 18.9 Å². The molecule has 4 nitrogen and oxygen atoms in total. The number of rotatable bonds is 8. The molecule has 0 aromatic rings. The van der Waals surface area contributed by atoms with Crippen LogP contribution in [0.1, 0.15) is 47.0 Å². The Hall–Kier alpha value is -0.130. The summed E-state index contributed by atoms with van der Waals surface area (Å²) in [6.07, 6.45) is 2.23.